The zero-order valence-corrected chi connectivity index (χ0v) is 24.4. The predicted octanol–water partition coefficient (Wildman–Crippen LogP) is 2.35. The maximum Gasteiger partial charge on any atom is 0.408 e. The zero-order valence-electron chi connectivity index (χ0n) is 24.4. The molecule has 1 saturated heterocycles. The SMILES string of the molecule is CCCC(NC(=O)[C@@H]1C2[C@H](CN1C(=O)[C@@H](NC(=O)OC(C)(C)C)C(C)(C)C)C2(C)C)C(=O)C(=O)N(C)C. The highest BCUT2D eigenvalue weighted by atomic mass is 16.6. The van der Waals surface area contributed by atoms with Gasteiger partial charge in [-0.1, -0.05) is 48.0 Å². The first kappa shape index (κ1) is 30.6. The van der Waals surface area contributed by atoms with Crippen LogP contribution in [0.1, 0.15) is 75.2 Å². The van der Waals surface area contributed by atoms with E-state index >= 15 is 0 Å². The van der Waals surface area contributed by atoms with Gasteiger partial charge in [0.15, 0.2) is 0 Å². The van der Waals surface area contributed by atoms with Crippen LogP contribution in [0, 0.1) is 22.7 Å². The van der Waals surface area contributed by atoms with Gasteiger partial charge in [0.2, 0.25) is 17.6 Å². The average Bonchev–Trinajstić information content (AvgIpc) is 3.08. The van der Waals surface area contributed by atoms with Gasteiger partial charge in [-0.2, -0.15) is 0 Å². The summed E-state index contributed by atoms with van der Waals surface area (Å²) in [5, 5.41) is 5.50. The Hall–Kier alpha value is -2.65. The van der Waals surface area contributed by atoms with Gasteiger partial charge in [0.05, 0.1) is 6.04 Å². The number of nitrogens with one attached hydrogen (secondary N) is 2. The molecule has 1 aliphatic heterocycles. The Balaban J connectivity index is 2.33. The number of likely N-dealkylation sites (tertiary alicyclic amines) is 1. The van der Waals surface area contributed by atoms with Crippen molar-refractivity contribution < 1.29 is 28.7 Å². The van der Waals surface area contributed by atoms with Crippen molar-refractivity contribution in [2.24, 2.45) is 22.7 Å². The van der Waals surface area contributed by atoms with Crippen LogP contribution in [-0.4, -0.2) is 83.8 Å². The van der Waals surface area contributed by atoms with E-state index in [0.29, 0.717) is 19.4 Å². The highest BCUT2D eigenvalue weighted by Gasteiger charge is 2.70. The number of carbonyl (C=O) groups is 5. The minimum Gasteiger partial charge on any atom is -0.444 e. The molecule has 5 atom stereocenters. The molecular formula is C27H46N4O6. The summed E-state index contributed by atoms with van der Waals surface area (Å²) in [4.78, 5) is 67.9. The summed E-state index contributed by atoms with van der Waals surface area (Å²) in [7, 11) is 2.98. The van der Waals surface area contributed by atoms with Crippen LogP contribution in [0.3, 0.4) is 0 Å². The van der Waals surface area contributed by atoms with E-state index in [1.165, 1.54) is 23.9 Å². The van der Waals surface area contributed by atoms with E-state index in [0.717, 1.165) is 0 Å². The number of carbonyl (C=O) groups excluding carboxylic acids is 5. The van der Waals surface area contributed by atoms with Gasteiger partial charge in [-0.3, -0.25) is 19.2 Å². The first-order valence-corrected chi connectivity index (χ1v) is 13.1. The molecule has 10 heteroatoms. The lowest BCUT2D eigenvalue weighted by molar-refractivity contribution is -0.147. The summed E-state index contributed by atoms with van der Waals surface area (Å²) >= 11 is 0. The largest absolute Gasteiger partial charge is 0.444 e. The van der Waals surface area contributed by atoms with Crippen LogP contribution in [0.25, 0.3) is 0 Å². The van der Waals surface area contributed by atoms with Crippen LogP contribution >= 0.6 is 0 Å². The highest BCUT2D eigenvalue weighted by molar-refractivity contribution is 6.38. The summed E-state index contributed by atoms with van der Waals surface area (Å²) in [6.45, 7) is 17.1. The number of ketones is 1. The Labute approximate surface area is 221 Å². The molecule has 4 amide bonds. The van der Waals surface area contributed by atoms with E-state index in [1.54, 1.807) is 20.8 Å². The fraction of sp³-hybridized carbons (Fsp3) is 0.815. The van der Waals surface area contributed by atoms with Crippen molar-refractivity contribution in [3.8, 4) is 0 Å². The third-order valence-electron chi connectivity index (χ3n) is 7.36. The van der Waals surface area contributed by atoms with Crippen molar-refractivity contribution >= 4 is 29.6 Å². The van der Waals surface area contributed by atoms with Gasteiger partial charge in [0, 0.05) is 20.6 Å². The van der Waals surface area contributed by atoms with Crippen molar-refractivity contribution in [1.29, 1.82) is 0 Å². The second kappa shape index (κ2) is 10.6. The van der Waals surface area contributed by atoms with Crippen molar-refractivity contribution in [1.82, 2.24) is 20.4 Å². The molecule has 1 aliphatic carbocycles. The van der Waals surface area contributed by atoms with Gasteiger partial charge < -0.3 is 25.2 Å². The monoisotopic (exact) mass is 522 g/mol. The third-order valence-corrected chi connectivity index (χ3v) is 7.36. The fourth-order valence-corrected chi connectivity index (χ4v) is 5.24. The molecule has 2 aliphatic rings. The number of likely N-dealkylation sites (N-methyl/N-ethyl adjacent to an activating group) is 1. The molecule has 0 aromatic rings. The average molecular weight is 523 g/mol. The topological polar surface area (TPSA) is 125 Å². The van der Waals surface area contributed by atoms with Gasteiger partial charge in [0.1, 0.15) is 17.7 Å². The molecule has 2 unspecified atom stereocenters. The number of rotatable bonds is 8. The number of piperidine rings is 1. The molecule has 1 heterocycles. The van der Waals surface area contributed by atoms with E-state index in [2.05, 4.69) is 24.5 Å². The van der Waals surface area contributed by atoms with Crippen molar-refractivity contribution in [3.05, 3.63) is 0 Å². The van der Waals surface area contributed by atoms with Gasteiger partial charge in [-0.15, -0.1) is 0 Å². The normalized spacial score (nSPS) is 23.9. The molecule has 0 radical (unpaired) electrons. The van der Waals surface area contributed by atoms with Gasteiger partial charge in [-0.05, 0) is 49.9 Å². The van der Waals surface area contributed by atoms with Gasteiger partial charge in [0.25, 0.3) is 5.91 Å². The van der Waals surface area contributed by atoms with E-state index in [1.807, 2.05) is 27.7 Å². The molecule has 1 saturated carbocycles. The maximum atomic E-state index is 13.9. The van der Waals surface area contributed by atoms with Crippen molar-refractivity contribution in [2.45, 2.75) is 98.9 Å². The predicted molar refractivity (Wildman–Crippen MR) is 139 cm³/mol. The molecule has 0 spiro atoms. The minimum atomic E-state index is -0.969. The minimum absolute atomic E-state index is 0.0828. The second-order valence-corrected chi connectivity index (χ2v) is 13.2. The van der Waals surface area contributed by atoms with E-state index < -0.39 is 52.8 Å². The first-order chi connectivity index (χ1) is 16.7. The Bertz CT molecular complexity index is 930. The molecule has 37 heavy (non-hydrogen) atoms. The van der Waals surface area contributed by atoms with Crippen LogP contribution < -0.4 is 10.6 Å². The molecule has 2 rings (SSSR count). The lowest BCUT2D eigenvalue weighted by Crippen LogP contribution is -2.60. The molecular weight excluding hydrogens is 476 g/mol. The highest BCUT2D eigenvalue weighted by Crippen LogP contribution is 2.65. The number of amides is 4. The summed E-state index contributed by atoms with van der Waals surface area (Å²) in [6, 6.07) is -2.70. The van der Waals surface area contributed by atoms with Crippen LogP contribution in [0.5, 0.6) is 0 Å². The van der Waals surface area contributed by atoms with Gasteiger partial charge >= 0.3 is 6.09 Å². The smallest absolute Gasteiger partial charge is 0.408 e. The third kappa shape index (κ3) is 6.82. The Kier molecular flexibility index (Phi) is 8.77. The second-order valence-electron chi connectivity index (χ2n) is 13.2. The van der Waals surface area contributed by atoms with E-state index in [9.17, 15) is 24.0 Å². The Morgan fingerprint density at radius 3 is 2.05 bits per heavy atom. The number of hydrogen-bond acceptors (Lipinski definition) is 6. The summed E-state index contributed by atoms with van der Waals surface area (Å²) in [5.74, 6) is -2.14. The number of fused-ring (bicyclic) bond motifs is 1. The number of hydrogen-bond donors (Lipinski definition) is 2. The summed E-state index contributed by atoms with van der Waals surface area (Å²) < 4.78 is 5.39. The van der Waals surface area contributed by atoms with E-state index in [-0.39, 0.29) is 23.2 Å². The number of Topliss-reactive ketones (excluding diaryl/α,β-unsaturated/α-hetero) is 1. The van der Waals surface area contributed by atoms with Crippen LogP contribution in [0.4, 0.5) is 4.79 Å². The van der Waals surface area contributed by atoms with Crippen LogP contribution in [-0.2, 0) is 23.9 Å². The number of nitrogens with zero attached hydrogens (tertiary/aromatic N) is 2. The molecule has 2 fully saturated rings. The summed E-state index contributed by atoms with van der Waals surface area (Å²) in [6.07, 6.45) is 0.198. The molecule has 210 valence electrons. The molecule has 0 aromatic heterocycles. The van der Waals surface area contributed by atoms with Crippen LogP contribution in [0.15, 0.2) is 0 Å². The number of ether oxygens (including phenoxy) is 1. The standard InChI is InChI=1S/C27H46N4O6/c1-12-13-16(19(32)22(34)30(10)11)28-21(33)18-17-15(27(17,8)9)14-31(18)23(35)20(25(2,3)4)29-24(36)37-26(5,6)7/h15-18,20H,12-14H2,1-11H3,(H,28,33)(H,29,36)/t15-,16?,17?,18-,20+/m0/s1. The van der Waals surface area contributed by atoms with Crippen LogP contribution in [0.2, 0.25) is 0 Å². The van der Waals surface area contributed by atoms with Crippen molar-refractivity contribution in [2.75, 3.05) is 20.6 Å². The number of alkyl carbamates (subject to hydrolysis) is 1. The lowest BCUT2D eigenvalue weighted by atomic mass is 9.85. The Morgan fingerprint density at radius 2 is 1.59 bits per heavy atom. The molecule has 10 nitrogen and oxygen atoms in total. The zero-order chi connectivity index (χ0) is 28.7. The quantitative estimate of drug-likeness (QED) is 0.472. The Morgan fingerprint density at radius 1 is 1.03 bits per heavy atom. The molecule has 2 N–H and O–H groups in total. The molecule has 0 aromatic carbocycles. The maximum absolute atomic E-state index is 13.9. The molecule has 0 bridgehead atoms. The first-order valence-electron chi connectivity index (χ1n) is 13.1. The fourth-order valence-electron chi connectivity index (χ4n) is 5.24. The van der Waals surface area contributed by atoms with Gasteiger partial charge in [-0.25, -0.2) is 4.79 Å². The van der Waals surface area contributed by atoms with Crippen molar-refractivity contribution in [3.63, 3.8) is 0 Å². The lowest BCUT2D eigenvalue weighted by Gasteiger charge is -2.38. The summed E-state index contributed by atoms with van der Waals surface area (Å²) in [5.41, 5.74) is -1.53. The van der Waals surface area contributed by atoms with E-state index in [4.69, 9.17) is 4.74 Å².